The number of sulfonamides is 1. The van der Waals surface area contributed by atoms with Crippen LogP contribution in [0.1, 0.15) is 21.7 Å². The predicted octanol–water partition coefficient (Wildman–Crippen LogP) is 3.15. The maximum Gasteiger partial charge on any atom is 0.416 e. The molecule has 0 aliphatic carbocycles. The second-order valence-corrected chi connectivity index (χ2v) is 8.47. The molecule has 0 aliphatic heterocycles. The zero-order valence-corrected chi connectivity index (χ0v) is 17.7. The molecular weight excluding hydrogens is 463 g/mol. The zero-order valence-electron chi connectivity index (χ0n) is 16.8. The number of alkyl halides is 3. The van der Waals surface area contributed by atoms with Gasteiger partial charge < -0.3 is 15.1 Å². The van der Waals surface area contributed by atoms with E-state index in [4.69, 9.17) is 4.42 Å². The van der Waals surface area contributed by atoms with E-state index in [0.29, 0.717) is 11.8 Å². The van der Waals surface area contributed by atoms with Gasteiger partial charge in [0.25, 0.3) is 5.91 Å². The first-order valence-corrected chi connectivity index (χ1v) is 10.9. The van der Waals surface area contributed by atoms with Gasteiger partial charge in [0.05, 0.1) is 41.1 Å². The van der Waals surface area contributed by atoms with E-state index in [1.165, 1.54) is 18.4 Å². The SMILES string of the molecule is O=C(CNS(=O)(=O)c1cccc(C(F)(F)F)c1)Nc1ccccc1C(=O)NCc1ccco1. The summed E-state index contributed by atoms with van der Waals surface area (Å²) in [5.41, 5.74) is -0.889. The van der Waals surface area contributed by atoms with Gasteiger partial charge in [0.2, 0.25) is 15.9 Å². The summed E-state index contributed by atoms with van der Waals surface area (Å²) < 4.78 is 70.2. The number of hydrogen-bond donors (Lipinski definition) is 3. The molecule has 0 aliphatic rings. The summed E-state index contributed by atoms with van der Waals surface area (Å²) in [6.45, 7) is -0.647. The van der Waals surface area contributed by atoms with Gasteiger partial charge in [-0.2, -0.15) is 13.2 Å². The van der Waals surface area contributed by atoms with E-state index in [1.807, 2.05) is 4.72 Å². The number of rotatable bonds is 8. The number of benzene rings is 2. The van der Waals surface area contributed by atoms with E-state index < -0.39 is 45.0 Å². The van der Waals surface area contributed by atoms with Crippen LogP contribution in [0.15, 0.2) is 76.2 Å². The van der Waals surface area contributed by atoms with Crippen LogP contribution in [0.2, 0.25) is 0 Å². The summed E-state index contributed by atoms with van der Waals surface area (Å²) in [6, 6.07) is 12.5. The van der Waals surface area contributed by atoms with Crippen LogP contribution in [0.4, 0.5) is 18.9 Å². The van der Waals surface area contributed by atoms with Crippen LogP contribution < -0.4 is 15.4 Å². The van der Waals surface area contributed by atoms with Crippen LogP contribution >= 0.6 is 0 Å². The Morgan fingerprint density at radius 1 is 0.970 bits per heavy atom. The molecule has 0 unspecified atom stereocenters. The summed E-state index contributed by atoms with van der Waals surface area (Å²) in [4.78, 5) is 24.1. The number of para-hydroxylation sites is 1. The monoisotopic (exact) mass is 481 g/mol. The number of nitrogens with one attached hydrogen (secondary N) is 3. The molecule has 2 aromatic carbocycles. The van der Waals surface area contributed by atoms with Gasteiger partial charge in [-0.05, 0) is 42.5 Å². The Kier molecular flexibility index (Phi) is 7.19. The Bertz CT molecular complexity index is 1240. The van der Waals surface area contributed by atoms with Crippen LogP contribution in [0.3, 0.4) is 0 Å². The zero-order chi connectivity index (χ0) is 24.1. The Labute approximate surface area is 186 Å². The van der Waals surface area contributed by atoms with Crippen LogP contribution in [0, 0.1) is 0 Å². The summed E-state index contributed by atoms with van der Waals surface area (Å²) in [5, 5.41) is 5.04. The fourth-order valence-electron chi connectivity index (χ4n) is 2.74. The molecule has 3 rings (SSSR count). The molecule has 33 heavy (non-hydrogen) atoms. The first kappa shape index (κ1) is 24.0. The van der Waals surface area contributed by atoms with Gasteiger partial charge in [-0.1, -0.05) is 18.2 Å². The highest BCUT2D eigenvalue weighted by molar-refractivity contribution is 7.89. The molecule has 1 aromatic heterocycles. The van der Waals surface area contributed by atoms with E-state index in [-0.39, 0.29) is 17.8 Å². The first-order valence-electron chi connectivity index (χ1n) is 9.42. The molecule has 0 fully saturated rings. The number of carbonyl (C=O) groups excluding carboxylic acids is 2. The molecule has 0 atom stereocenters. The lowest BCUT2D eigenvalue weighted by molar-refractivity contribution is -0.137. The van der Waals surface area contributed by atoms with E-state index >= 15 is 0 Å². The molecule has 0 saturated carbocycles. The molecular formula is C21H18F3N3O5S. The molecule has 0 spiro atoms. The van der Waals surface area contributed by atoms with Crippen molar-refractivity contribution in [3.63, 3.8) is 0 Å². The number of amides is 2. The lowest BCUT2D eigenvalue weighted by atomic mass is 10.1. The Morgan fingerprint density at radius 3 is 2.42 bits per heavy atom. The number of furan rings is 1. The van der Waals surface area contributed by atoms with E-state index in [1.54, 1.807) is 24.3 Å². The van der Waals surface area contributed by atoms with Crippen molar-refractivity contribution in [1.29, 1.82) is 0 Å². The molecule has 174 valence electrons. The maximum atomic E-state index is 12.8. The third-order valence-electron chi connectivity index (χ3n) is 4.34. The van der Waals surface area contributed by atoms with Gasteiger partial charge in [-0.15, -0.1) is 0 Å². The highest BCUT2D eigenvalue weighted by Gasteiger charge is 2.31. The van der Waals surface area contributed by atoms with E-state index in [9.17, 15) is 31.2 Å². The van der Waals surface area contributed by atoms with Crippen molar-refractivity contribution in [1.82, 2.24) is 10.0 Å². The van der Waals surface area contributed by atoms with Crippen molar-refractivity contribution in [3.8, 4) is 0 Å². The largest absolute Gasteiger partial charge is 0.467 e. The van der Waals surface area contributed by atoms with Gasteiger partial charge in [0.1, 0.15) is 5.76 Å². The lowest BCUT2D eigenvalue weighted by Gasteiger charge is -2.12. The van der Waals surface area contributed by atoms with E-state index in [0.717, 1.165) is 18.2 Å². The van der Waals surface area contributed by atoms with Gasteiger partial charge in [0.15, 0.2) is 0 Å². The molecule has 0 radical (unpaired) electrons. The molecule has 3 N–H and O–H groups in total. The summed E-state index contributed by atoms with van der Waals surface area (Å²) in [6.07, 6.45) is -3.26. The van der Waals surface area contributed by atoms with Crippen molar-refractivity contribution in [3.05, 3.63) is 83.8 Å². The Hall–Kier alpha value is -3.64. The minimum Gasteiger partial charge on any atom is -0.467 e. The lowest BCUT2D eigenvalue weighted by Crippen LogP contribution is -2.33. The minimum absolute atomic E-state index is 0.116. The minimum atomic E-state index is -4.72. The van der Waals surface area contributed by atoms with Crippen molar-refractivity contribution >= 4 is 27.5 Å². The van der Waals surface area contributed by atoms with Gasteiger partial charge in [0, 0.05) is 0 Å². The molecule has 8 nitrogen and oxygen atoms in total. The van der Waals surface area contributed by atoms with E-state index in [2.05, 4.69) is 10.6 Å². The highest BCUT2D eigenvalue weighted by atomic mass is 32.2. The average Bonchev–Trinajstić information content (AvgIpc) is 3.30. The molecule has 2 amide bonds. The smallest absolute Gasteiger partial charge is 0.416 e. The Balaban J connectivity index is 1.64. The fraction of sp³-hybridized carbons (Fsp3) is 0.143. The van der Waals surface area contributed by atoms with Crippen LogP contribution in [-0.4, -0.2) is 26.8 Å². The molecule has 1 heterocycles. The van der Waals surface area contributed by atoms with Crippen molar-refractivity contribution in [2.24, 2.45) is 0 Å². The average molecular weight is 481 g/mol. The maximum absolute atomic E-state index is 12.8. The summed E-state index contributed by atoms with van der Waals surface area (Å²) >= 11 is 0. The van der Waals surface area contributed by atoms with Crippen LogP contribution in [-0.2, 0) is 27.5 Å². The molecule has 3 aromatic rings. The summed E-state index contributed by atoms with van der Waals surface area (Å²) in [5.74, 6) is -0.808. The second kappa shape index (κ2) is 9.88. The predicted molar refractivity (Wildman–Crippen MR) is 112 cm³/mol. The standard InChI is InChI=1S/C21H18F3N3O5S/c22-21(23,24)14-5-3-7-16(11-14)33(30,31)26-13-19(28)27-18-9-2-1-8-17(18)20(29)25-12-15-6-4-10-32-15/h1-11,26H,12-13H2,(H,25,29)(H,27,28). The van der Waals surface area contributed by atoms with Gasteiger partial charge in [-0.3, -0.25) is 9.59 Å². The van der Waals surface area contributed by atoms with Crippen LogP contribution in [0.25, 0.3) is 0 Å². The first-order chi connectivity index (χ1) is 15.6. The third-order valence-corrected chi connectivity index (χ3v) is 5.74. The summed E-state index contributed by atoms with van der Waals surface area (Å²) in [7, 11) is -4.39. The second-order valence-electron chi connectivity index (χ2n) is 6.71. The van der Waals surface area contributed by atoms with Crippen molar-refractivity contribution in [2.45, 2.75) is 17.6 Å². The Morgan fingerprint density at radius 2 is 1.73 bits per heavy atom. The third kappa shape index (κ3) is 6.43. The quantitative estimate of drug-likeness (QED) is 0.457. The molecule has 0 saturated heterocycles. The van der Waals surface area contributed by atoms with Gasteiger partial charge in [-0.25, -0.2) is 13.1 Å². The van der Waals surface area contributed by atoms with Crippen molar-refractivity contribution < 1.29 is 35.6 Å². The number of hydrogen-bond acceptors (Lipinski definition) is 5. The number of carbonyl (C=O) groups is 2. The topological polar surface area (TPSA) is 118 Å². The fourth-order valence-corrected chi connectivity index (χ4v) is 3.77. The number of halogens is 3. The normalized spacial score (nSPS) is 11.7. The number of anilines is 1. The molecule has 0 bridgehead atoms. The van der Waals surface area contributed by atoms with Crippen LogP contribution in [0.5, 0.6) is 0 Å². The van der Waals surface area contributed by atoms with Crippen molar-refractivity contribution in [2.75, 3.05) is 11.9 Å². The molecule has 12 heteroatoms. The highest BCUT2D eigenvalue weighted by Crippen LogP contribution is 2.30. The van der Waals surface area contributed by atoms with Gasteiger partial charge >= 0.3 is 6.18 Å².